The molecule has 1 aromatic heterocycles. The number of hydrogen-bond acceptors (Lipinski definition) is 2. The van der Waals surface area contributed by atoms with E-state index in [0.717, 1.165) is 18.5 Å². The third kappa shape index (κ3) is 1.57. The first-order valence-electron chi connectivity index (χ1n) is 5.38. The van der Waals surface area contributed by atoms with Gasteiger partial charge in [-0.1, -0.05) is 6.08 Å². The first kappa shape index (κ1) is 9.04. The van der Waals surface area contributed by atoms with Crippen LogP contribution in [0, 0.1) is 11.7 Å². The van der Waals surface area contributed by atoms with Crippen molar-refractivity contribution < 1.29 is 4.39 Å². The van der Waals surface area contributed by atoms with Crippen LogP contribution in [-0.4, -0.2) is 17.6 Å². The first-order chi connectivity index (χ1) is 7.33. The maximum absolute atomic E-state index is 13.0. The molecular formula is C12H13FN2. The van der Waals surface area contributed by atoms with Crippen LogP contribution >= 0.6 is 0 Å². The highest BCUT2D eigenvalue weighted by molar-refractivity contribution is 5.68. The van der Waals surface area contributed by atoms with Crippen LogP contribution in [0.2, 0.25) is 0 Å². The maximum atomic E-state index is 13.0. The Labute approximate surface area is 88.2 Å². The average molecular weight is 204 g/mol. The van der Waals surface area contributed by atoms with Gasteiger partial charge in [-0.05, 0) is 42.5 Å². The molecule has 0 spiro atoms. The molecule has 1 aromatic rings. The van der Waals surface area contributed by atoms with Crippen molar-refractivity contribution in [3.8, 4) is 0 Å². The second kappa shape index (κ2) is 3.42. The molecule has 1 N–H and O–H groups in total. The van der Waals surface area contributed by atoms with Crippen LogP contribution in [0.5, 0.6) is 0 Å². The molecule has 2 heterocycles. The van der Waals surface area contributed by atoms with E-state index < -0.39 is 0 Å². The monoisotopic (exact) mass is 204 g/mol. The highest BCUT2D eigenvalue weighted by Crippen LogP contribution is 2.35. The van der Waals surface area contributed by atoms with Crippen molar-refractivity contribution in [2.75, 3.05) is 6.54 Å². The van der Waals surface area contributed by atoms with Crippen LogP contribution in [0.15, 0.2) is 24.5 Å². The number of nitrogens with one attached hydrogen (secondary N) is 1. The van der Waals surface area contributed by atoms with Crippen molar-refractivity contribution in [3.05, 3.63) is 35.9 Å². The Balaban J connectivity index is 1.90. The topological polar surface area (TPSA) is 24.9 Å². The van der Waals surface area contributed by atoms with Gasteiger partial charge in [0.05, 0.1) is 6.20 Å². The first-order valence-corrected chi connectivity index (χ1v) is 5.38. The molecule has 0 amide bonds. The van der Waals surface area contributed by atoms with Gasteiger partial charge in [-0.25, -0.2) is 4.39 Å². The van der Waals surface area contributed by atoms with Gasteiger partial charge in [-0.2, -0.15) is 0 Å². The molecule has 2 aliphatic rings. The van der Waals surface area contributed by atoms with E-state index in [2.05, 4.69) is 16.4 Å². The predicted molar refractivity (Wildman–Crippen MR) is 56.7 cm³/mol. The van der Waals surface area contributed by atoms with Gasteiger partial charge in [0.1, 0.15) is 5.82 Å². The van der Waals surface area contributed by atoms with E-state index >= 15 is 0 Å². The number of nitrogens with zero attached hydrogens (tertiary/aromatic N) is 1. The molecule has 1 saturated heterocycles. The second-order valence-electron chi connectivity index (χ2n) is 4.30. The van der Waals surface area contributed by atoms with Gasteiger partial charge >= 0.3 is 0 Å². The molecule has 3 heteroatoms. The molecule has 15 heavy (non-hydrogen) atoms. The van der Waals surface area contributed by atoms with Crippen LogP contribution in [0.1, 0.15) is 18.4 Å². The lowest BCUT2D eigenvalue weighted by Gasteiger charge is -2.08. The number of hydrogen-bond donors (Lipinski definition) is 1. The van der Waals surface area contributed by atoms with E-state index in [1.54, 1.807) is 12.3 Å². The number of halogens is 1. The fourth-order valence-electron chi connectivity index (χ4n) is 2.58. The molecule has 1 fully saturated rings. The molecule has 0 bridgehead atoms. The van der Waals surface area contributed by atoms with Gasteiger partial charge in [0.25, 0.3) is 0 Å². The Morgan fingerprint density at radius 3 is 3.13 bits per heavy atom. The van der Waals surface area contributed by atoms with Crippen molar-refractivity contribution in [2.24, 2.45) is 5.92 Å². The summed E-state index contributed by atoms with van der Waals surface area (Å²) in [5.74, 6) is 0.390. The van der Waals surface area contributed by atoms with E-state index in [0.29, 0.717) is 12.0 Å². The van der Waals surface area contributed by atoms with Crippen molar-refractivity contribution in [2.45, 2.75) is 18.9 Å². The fourth-order valence-corrected chi connectivity index (χ4v) is 2.58. The van der Waals surface area contributed by atoms with Gasteiger partial charge in [-0.3, -0.25) is 4.98 Å². The van der Waals surface area contributed by atoms with Gasteiger partial charge in [0, 0.05) is 12.2 Å². The molecule has 0 aromatic carbocycles. The predicted octanol–water partition coefficient (Wildman–Crippen LogP) is 1.99. The highest BCUT2D eigenvalue weighted by atomic mass is 19.1. The largest absolute Gasteiger partial charge is 0.313 e. The quantitative estimate of drug-likeness (QED) is 0.756. The lowest BCUT2D eigenvalue weighted by molar-refractivity contribution is 0.562. The SMILES string of the molecule is Fc1cncc(C2=C[C@@H]3CCN[C@@H]3C2)c1. The minimum Gasteiger partial charge on any atom is -0.313 e. The van der Waals surface area contributed by atoms with Crippen molar-refractivity contribution in [3.63, 3.8) is 0 Å². The number of pyridine rings is 1. The Morgan fingerprint density at radius 1 is 1.40 bits per heavy atom. The van der Waals surface area contributed by atoms with Crippen molar-refractivity contribution in [1.82, 2.24) is 10.3 Å². The Kier molecular flexibility index (Phi) is 2.06. The minimum absolute atomic E-state index is 0.251. The van der Waals surface area contributed by atoms with Crippen LogP contribution in [-0.2, 0) is 0 Å². The van der Waals surface area contributed by atoms with E-state index in [-0.39, 0.29) is 5.82 Å². The van der Waals surface area contributed by atoms with Gasteiger partial charge < -0.3 is 5.32 Å². The zero-order valence-corrected chi connectivity index (χ0v) is 8.41. The van der Waals surface area contributed by atoms with Crippen LogP contribution in [0.25, 0.3) is 5.57 Å². The van der Waals surface area contributed by atoms with Crippen LogP contribution in [0.4, 0.5) is 4.39 Å². The molecule has 0 radical (unpaired) electrons. The number of rotatable bonds is 1. The molecule has 3 rings (SSSR count). The zero-order valence-electron chi connectivity index (χ0n) is 8.41. The lowest BCUT2D eigenvalue weighted by atomic mass is 10.1. The normalized spacial score (nSPS) is 29.0. The Hall–Kier alpha value is -1.22. The summed E-state index contributed by atoms with van der Waals surface area (Å²) in [6, 6.07) is 2.14. The van der Waals surface area contributed by atoms with E-state index in [1.165, 1.54) is 18.2 Å². The fraction of sp³-hybridized carbons (Fsp3) is 0.417. The van der Waals surface area contributed by atoms with Crippen LogP contribution < -0.4 is 5.32 Å². The summed E-state index contributed by atoms with van der Waals surface area (Å²) in [4.78, 5) is 3.89. The molecule has 0 unspecified atom stereocenters. The van der Waals surface area contributed by atoms with Crippen LogP contribution in [0.3, 0.4) is 0 Å². The molecule has 78 valence electrons. The summed E-state index contributed by atoms with van der Waals surface area (Å²) in [6.45, 7) is 1.11. The third-order valence-electron chi connectivity index (χ3n) is 3.33. The molecule has 1 aliphatic carbocycles. The summed E-state index contributed by atoms with van der Waals surface area (Å²) < 4.78 is 13.0. The van der Waals surface area contributed by atoms with E-state index in [9.17, 15) is 4.39 Å². The summed E-state index contributed by atoms with van der Waals surface area (Å²) in [5.41, 5.74) is 2.18. The lowest BCUT2D eigenvalue weighted by Crippen LogP contribution is -2.22. The second-order valence-corrected chi connectivity index (χ2v) is 4.30. The van der Waals surface area contributed by atoms with Crippen molar-refractivity contribution in [1.29, 1.82) is 0 Å². The van der Waals surface area contributed by atoms with Crippen molar-refractivity contribution >= 4 is 5.57 Å². The maximum Gasteiger partial charge on any atom is 0.142 e. The summed E-state index contributed by atoms with van der Waals surface area (Å²) in [5, 5.41) is 3.47. The number of aromatic nitrogens is 1. The van der Waals surface area contributed by atoms with Gasteiger partial charge in [0.15, 0.2) is 0 Å². The number of fused-ring (bicyclic) bond motifs is 1. The molecule has 2 atom stereocenters. The summed E-state index contributed by atoms with van der Waals surface area (Å²) in [6.07, 6.45) is 7.49. The Morgan fingerprint density at radius 2 is 2.33 bits per heavy atom. The standard InChI is InChI=1S/C12H13FN2/c13-11-4-10(6-14-7-11)9-3-8-1-2-15-12(8)5-9/h3-4,6-8,12,15H,1-2,5H2/t8-,12+/m0/s1. The van der Waals surface area contributed by atoms with E-state index in [1.807, 2.05) is 0 Å². The van der Waals surface area contributed by atoms with Gasteiger partial charge in [-0.15, -0.1) is 0 Å². The zero-order chi connectivity index (χ0) is 10.3. The van der Waals surface area contributed by atoms with E-state index in [4.69, 9.17) is 0 Å². The molecule has 2 nitrogen and oxygen atoms in total. The highest BCUT2D eigenvalue weighted by Gasteiger charge is 2.31. The summed E-state index contributed by atoms with van der Waals surface area (Å²) in [7, 11) is 0. The minimum atomic E-state index is -0.251. The Bertz CT molecular complexity index is 414. The smallest absolute Gasteiger partial charge is 0.142 e. The molecule has 1 aliphatic heterocycles. The molecular weight excluding hydrogens is 191 g/mol. The average Bonchev–Trinajstić information content (AvgIpc) is 2.76. The molecule has 0 saturated carbocycles. The van der Waals surface area contributed by atoms with Gasteiger partial charge in [0.2, 0.25) is 0 Å². The summed E-state index contributed by atoms with van der Waals surface area (Å²) >= 11 is 0. The third-order valence-corrected chi connectivity index (χ3v) is 3.33.